The fourth-order valence-electron chi connectivity index (χ4n) is 3.23. The number of thiophene rings is 1. The van der Waals surface area contributed by atoms with E-state index in [0.717, 1.165) is 24.1 Å². The Labute approximate surface area is 171 Å². The molecule has 1 aromatic carbocycles. The highest BCUT2D eigenvalue weighted by Crippen LogP contribution is 2.33. The van der Waals surface area contributed by atoms with E-state index in [0.29, 0.717) is 10.8 Å². The SMILES string of the molecule is CC(C)Cc1cc(-c2ccc(C[n+]3ccn(C(C)(C)C)c3)cc2)c(C(N)=O)s1. The summed E-state index contributed by atoms with van der Waals surface area (Å²) in [6.45, 7) is 11.8. The third-order valence-corrected chi connectivity index (χ3v) is 5.88. The molecule has 1 amide bonds. The molecule has 4 nitrogen and oxygen atoms in total. The Bertz CT molecular complexity index is 959. The van der Waals surface area contributed by atoms with Gasteiger partial charge in [-0.1, -0.05) is 38.1 Å². The van der Waals surface area contributed by atoms with Crippen LogP contribution < -0.4 is 10.3 Å². The predicted molar refractivity (Wildman–Crippen MR) is 116 cm³/mol. The van der Waals surface area contributed by atoms with E-state index in [9.17, 15) is 4.79 Å². The van der Waals surface area contributed by atoms with Gasteiger partial charge in [-0.05, 0) is 50.3 Å². The second kappa shape index (κ2) is 7.92. The molecule has 3 aromatic rings. The normalized spacial score (nSPS) is 11.9. The molecule has 0 spiro atoms. The van der Waals surface area contributed by atoms with Gasteiger partial charge in [0.2, 0.25) is 6.33 Å². The molecule has 0 fully saturated rings. The fraction of sp³-hybridized carbons (Fsp3) is 0.391. The molecule has 148 valence electrons. The average Bonchev–Trinajstić information content (AvgIpc) is 3.22. The van der Waals surface area contributed by atoms with Crippen LogP contribution in [0.15, 0.2) is 49.1 Å². The highest BCUT2D eigenvalue weighted by atomic mass is 32.1. The van der Waals surface area contributed by atoms with Gasteiger partial charge in [-0.25, -0.2) is 9.13 Å². The van der Waals surface area contributed by atoms with Gasteiger partial charge in [0.1, 0.15) is 24.5 Å². The molecule has 28 heavy (non-hydrogen) atoms. The number of benzene rings is 1. The minimum Gasteiger partial charge on any atom is -0.365 e. The smallest absolute Gasteiger partial charge is 0.259 e. The minimum absolute atomic E-state index is 0.0763. The van der Waals surface area contributed by atoms with Crippen molar-refractivity contribution in [2.24, 2.45) is 11.7 Å². The number of hydrogen-bond acceptors (Lipinski definition) is 2. The number of carbonyl (C=O) groups is 1. The van der Waals surface area contributed by atoms with Crippen LogP contribution in [0.1, 0.15) is 54.7 Å². The summed E-state index contributed by atoms with van der Waals surface area (Å²) < 4.78 is 4.39. The summed E-state index contributed by atoms with van der Waals surface area (Å²) >= 11 is 1.52. The highest BCUT2D eigenvalue weighted by molar-refractivity contribution is 7.14. The predicted octanol–water partition coefficient (Wildman–Crippen LogP) is 4.60. The van der Waals surface area contributed by atoms with Crippen molar-refractivity contribution in [3.8, 4) is 11.1 Å². The number of carbonyl (C=O) groups excluding carboxylic acids is 1. The summed E-state index contributed by atoms with van der Waals surface area (Å²) in [5, 5.41) is 0. The Morgan fingerprint density at radius 2 is 1.89 bits per heavy atom. The van der Waals surface area contributed by atoms with E-state index in [1.54, 1.807) is 0 Å². The van der Waals surface area contributed by atoms with Gasteiger partial charge in [-0.15, -0.1) is 11.3 Å². The Morgan fingerprint density at radius 3 is 2.43 bits per heavy atom. The van der Waals surface area contributed by atoms with Crippen molar-refractivity contribution in [2.45, 2.75) is 53.1 Å². The van der Waals surface area contributed by atoms with E-state index in [2.05, 4.69) is 92.8 Å². The lowest BCUT2D eigenvalue weighted by atomic mass is 10.0. The van der Waals surface area contributed by atoms with Crippen LogP contribution in [-0.2, 0) is 18.5 Å². The molecule has 0 saturated carbocycles. The number of rotatable bonds is 6. The van der Waals surface area contributed by atoms with Crippen molar-refractivity contribution in [1.29, 1.82) is 0 Å². The zero-order valence-corrected chi connectivity index (χ0v) is 18.2. The zero-order valence-electron chi connectivity index (χ0n) is 17.4. The highest BCUT2D eigenvalue weighted by Gasteiger charge is 2.19. The molecule has 0 aliphatic carbocycles. The summed E-state index contributed by atoms with van der Waals surface area (Å²) in [6.07, 6.45) is 7.30. The number of amides is 1. The van der Waals surface area contributed by atoms with Crippen LogP contribution >= 0.6 is 11.3 Å². The van der Waals surface area contributed by atoms with Gasteiger partial charge in [0.05, 0.1) is 4.88 Å². The van der Waals surface area contributed by atoms with Crippen LogP contribution in [0, 0.1) is 5.92 Å². The van der Waals surface area contributed by atoms with E-state index >= 15 is 0 Å². The standard InChI is InChI=1S/C23H29N3OS/c1-16(2)12-19-13-20(21(28-19)22(24)27)18-8-6-17(7-9-18)14-25-10-11-26(15-25)23(3,4)5/h6-11,13,15-16H,12,14H2,1-5H3,(H-,24,27)/p+1. The Hall–Kier alpha value is -2.40. The molecule has 0 bridgehead atoms. The molecule has 3 rings (SSSR count). The van der Waals surface area contributed by atoms with Crippen LogP contribution in [0.25, 0.3) is 11.1 Å². The molecule has 0 unspecified atom stereocenters. The second-order valence-corrected chi connectivity index (χ2v) is 9.92. The lowest BCUT2D eigenvalue weighted by Gasteiger charge is -2.13. The Balaban J connectivity index is 1.82. The van der Waals surface area contributed by atoms with Crippen molar-refractivity contribution in [1.82, 2.24) is 4.57 Å². The molecule has 0 saturated heterocycles. The number of imidazole rings is 1. The van der Waals surface area contributed by atoms with Gasteiger partial charge in [0.15, 0.2) is 0 Å². The molecule has 0 aliphatic rings. The number of nitrogens with two attached hydrogens (primary N) is 1. The van der Waals surface area contributed by atoms with Gasteiger partial charge >= 0.3 is 0 Å². The number of primary amides is 1. The number of aromatic nitrogens is 2. The van der Waals surface area contributed by atoms with Crippen LogP contribution in [-0.4, -0.2) is 10.5 Å². The maximum Gasteiger partial charge on any atom is 0.259 e. The lowest BCUT2D eigenvalue weighted by molar-refractivity contribution is -0.688. The summed E-state index contributed by atoms with van der Waals surface area (Å²) in [5.41, 5.74) is 8.92. The Morgan fingerprint density at radius 1 is 1.21 bits per heavy atom. The first-order chi connectivity index (χ1) is 13.1. The van der Waals surface area contributed by atoms with Gasteiger partial charge in [-0.2, -0.15) is 0 Å². The molecule has 2 aromatic heterocycles. The van der Waals surface area contributed by atoms with Gasteiger partial charge in [0, 0.05) is 10.4 Å². The van der Waals surface area contributed by atoms with Crippen LogP contribution in [0.4, 0.5) is 0 Å². The average molecular weight is 397 g/mol. The first-order valence-corrected chi connectivity index (χ1v) is 10.5. The minimum atomic E-state index is -0.349. The van der Waals surface area contributed by atoms with Crippen LogP contribution in [0.5, 0.6) is 0 Å². The van der Waals surface area contributed by atoms with Crippen molar-refractivity contribution in [3.63, 3.8) is 0 Å². The third-order valence-electron chi connectivity index (χ3n) is 4.71. The van der Waals surface area contributed by atoms with E-state index in [1.165, 1.54) is 21.8 Å². The lowest BCUT2D eigenvalue weighted by Crippen LogP contribution is -2.33. The van der Waals surface area contributed by atoms with Gasteiger partial charge in [0.25, 0.3) is 5.91 Å². The summed E-state index contributed by atoms with van der Waals surface area (Å²) in [7, 11) is 0. The maximum atomic E-state index is 11.9. The largest absolute Gasteiger partial charge is 0.365 e. The first kappa shape index (κ1) is 20.3. The van der Waals surface area contributed by atoms with Crippen molar-refractivity contribution in [2.75, 3.05) is 0 Å². The van der Waals surface area contributed by atoms with E-state index in [1.807, 2.05) is 0 Å². The maximum absolute atomic E-state index is 11.9. The Kier molecular flexibility index (Phi) is 5.75. The van der Waals surface area contributed by atoms with Crippen LogP contribution in [0.2, 0.25) is 0 Å². The van der Waals surface area contributed by atoms with Gasteiger partial charge < -0.3 is 5.73 Å². The second-order valence-electron chi connectivity index (χ2n) is 8.78. The van der Waals surface area contributed by atoms with Crippen molar-refractivity contribution in [3.05, 3.63) is 64.4 Å². The quantitative estimate of drug-likeness (QED) is 0.608. The molecular formula is C23H30N3OS+. The van der Waals surface area contributed by atoms with Gasteiger partial charge in [-0.3, -0.25) is 4.79 Å². The summed E-state index contributed by atoms with van der Waals surface area (Å²) in [4.78, 5) is 13.8. The first-order valence-electron chi connectivity index (χ1n) is 9.73. The molecule has 0 atom stereocenters. The number of hydrogen-bond donors (Lipinski definition) is 1. The zero-order chi connectivity index (χ0) is 20.5. The van der Waals surface area contributed by atoms with Crippen molar-refractivity contribution < 1.29 is 9.36 Å². The molecule has 5 heteroatoms. The molecule has 2 N–H and O–H groups in total. The fourth-order valence-corrected chi connectivity index (χ4v) is 4.47. The van der Waals surface area contributed by atoms with Crippen molar-refractivity contribution >= 4 is 17.2 Å². The van der Waals surface area contributed by atoms with E-state index in [4.69, 9.17) is 5.73 Å². The molecular weight excluding hydrogens is 366 g/mol. The topological polar surface area (TPSA) is 51.9 Å². The third kappa shape index (κ3) is 4.71. The molecule has 0 aliphatic heterocycles. The van der Waals surface area contributed by atoms with E-state index < -0.39 is 0 Å². The molecule has 2 heterocycles. The van der Waals surface area contributed by atoms with E-state index in [-0.39, 0.29) is 11.4 Å². The summed E-state index contributed by atoms with van der Waals surface area (Å²) in [6, 6.07) is 10.6. The monoisotopic (exact) mass is 396 g/mol. The van der Waals surface area contributed by atoms with Crippen LogP contribution in [0.3, 0.4) is 0 Å². The number of nitrogens with zero attached hydrogens (tertiary/aromatic N) is 2. The summed E-state index contributed by atoms with van der Waals surface area (Å²) in [5.74, 6) is 0.199. The molecule has 0 radical (unpaired) electrons.